The Morgan fingerprint density at radius 3 is 1.73 bits per heavy atom. The molecule has 0 spiro atoms. The number of benzene rings is 8. The Labute approximate surface area is 288 Å². The maximum atomic E-state index is 2.50. The van der Waals surface area contributed by atoms with Gasteiger partial charge in [-0.05, 0) is 114 Å². The van der Waals surface area contributed by atoms with Gasteiger partial charge in [0.2, 0.25) is 0 Å². The molecule has 0 saturated heterocycles. The largest absolute Gasteiger partial charge is 0.310 e. The molecule has 0 bridgehead atoms. The Hall–Kier alpha value is -5.66. The fourth-order valence-electron chi connectivity index (χ4n) is 9.07. The number of rotatable bonds is 3. The Morgan fingerprint density at radius 1 is 0.367 bits per heavy atom. The maximum Gasteiger partial charge on any atom is 0.0543 e. The lowest BCUT2D eigenvalue weighted by atomic mass is 9.81. The van der Waals surface area contributed by atoms with E-state index in [0.717, 1.165) is 5.69 Å². The fraction of sp³-hybridized carbons (Fsp3) is 0.125. The highest BCUT2D eigenvalue weighted by atomic mass is 15.1. The van der Waals surface area contributed by atoms with Crippen LogP contribution in [0.3, 0.4) is 0 Å². The van der Waals surface area contributed by atoms with E-state index in [1.807, 2.05) is 0 Å². The SMILES string of the molecule is CC1(C)c2cc(N(c3ccccc3)c3cc4c(c5ccccc35)-c3cc5ccccc5cc3C4(C)C)ccc2-c2c1ccc1ccccc21. The highest BCUT2D eigenvalue weighted by Crippen LogP contribution is 2.57. The molecule has 8 aromatic rings. The van der Waals surface area contributed by atoms with Gasteiger partial charge in [0.15, 0.2) is 0 Å². The van der Waals surface area contributed by atoms with Gasteiger partial charge in [-0.15, -0.1) is 0 Å². The summed E-state index contributed by atoms with van der Waals surface area (Å²) in [7, 11) is 0. The zero-order valence-corrected chi connectivity index (χ0v) is 28.4. The van der Waals surface area contributed by atoms with Crippen molar-refractivity contribution in [3.05, 3.63) is 174 Å². The summed E-state index contributed by atoms with van der Waals surface area (Å²) in [6.07, 6.45) is 0. The number of hydrogen-bond acceptors (Lipinski definition) is 1. The highest BCUT2D eigenvalue weighted by Gasteiger charge is 2.39. The van der Waals surface area contributed by atoms with Gasteiger partial charge in [-0.1, -0.05) is 137 Å². The van der Waals surface area contributed by atoms with Crippen LogP contribution in [-0.4, -0.2) is 0 Å². The third kappa shape index (κ3) is 3.88. The second-order valence-corrected chi connectivity index (χ2v) is 15.0. The predicted molar refractivity (Wildman–Crippen MR) is 209 cm³/mol. The molecular formula is C48H37N. The Kier molecular flexibility index (Phi) is 5.75. The predicted octanol–water partition coefficient (Wildman–Crippen LogP) is 13.2. The van der Waals surface area contributed by atoms with Crippen LogP contribution in [0.4, 0.5) is 17.1 Å². The smallest absolute Gasteiger partial charge is 0.0543 e. The molecule has 1 nitrogen and oxygen atoms in total. The Bertz CT molecular complexity index is 2660. The van der Waals surface area contributed by atoms with E-state index in [4.69, 9.17) is 0 Å². The van der Waals surface area contributed by atoms with Crippen molar-refractivity contribution in [3.8, 4) is 22.3 Å². The molecule has 0 atom stereocenters. The lowest BCUT2D eigenvalue weighted by Crippen LogP contribution is -2.18. The summed E-state index contributed by atoms with van der Waals surface area (Å²) in [5.74, 6) is 0. The zero-order valence-electron chi connectivity index (χ0n) is 28.4. The van der Waals surface area contributed by atoms with E-state index in [2.05, 4.69) is 184 Å². The molecular weight excluding hydrogens is 591 g/mol. The topological polar surface area (TPSA) is 3.24 Å². The first kappa shape index (κ1) is 28.4. The van der Waals surface area contributed by atoms with Crippen molar-refractivity contribution in [1.82, 2.24) is 0 Å². The van der Waals surface area contributed by atoms with Crippen LogP contribution in [0.25, 0.3) is 54.6 Å². The molecule has 0 fully saturated rings. The third-order valence-corrected chi connectivity index (χ3v) is 11.6. The molecule has 0 saturated carbocycles. The Balaban J connectivity index is 1.24. The van der Waals surface area contributed by atoms with Gasteiger partial charge in [-0.2, -0.15) is 0 Å². The lowest BCUT2D eigenvalue weighted by Gasteiger charge is -2.31. The minimum Gasteiger partial charge on any atom is -0.310 e. The lowest BCUT2D eigenvalue weighted by molar-refractivity contribution is 0.660. The molecule has 8 aromatic carbocycles. The van der Waals surface area contributed by atoms with E-state index in [1.54, 1.807) is 0 Å². The summed E-state index contributed by atoms with van der Waals surface area (Å²) in [5.41, 5.74) is 14.3. The van der Waals surface area contributed by atoms with E-state index in [0.29, 0.717) is 0 Å². The van der Waals surface area contributed by atoms with Crippen molar-refractivity contribution in [2.45, 2.75) is 38.5 Å². The second kappa shape index (κ2) is 9.94. The minimum atomic E-state index is -0.154. The fourth-order valence-corrected chi connectivity index (χ4v) is 9.07. The van der Waals surface area contributed by atoms with Crippen LogP contribution in [0.2, 0.25) is 0 Å². The number of hydrogen-bond donors (Lipinski definition) is 0. The van der Waals surface area contributed by atoms with E-state index in [1.165, 1.54) is 88.2 Å². The number of nitrogens with zero attached hydrogens (tertiary/aromatic N) is 1. The third-order valence-electron chi connectivity index (χ3n) is 11.6. The second-order valence-electron chi connectivity index (χ2n) is 15.0. The van der Waals surface area contributed by atoms with E-state index >= 15 is 0 Å². The summed E-state index contributed by atoms with van der Waals surface area (Å²) < 4.78 is 0. The summed E-state index contributed by atoms with van der Waals surface area (Å²) in [6.45, 7) is 9.57. The first-order valence-electron chi connectivity index (χ1n) is 17.4. The molecule has 0 aromatic heterocycles. The molecule has 0 aliphatic heterocycles. The van der Waals surface area contributed by atoms with Crippen molar-refractivity contribution >= 4 is 49.4 Å². The molecule has 0 N–H and O–H groups in total. The van der Waals surface area contributed by atoms with Gasteiger partial charge in [-0.3, -0.25) is 0 Å². The summed E-state index contributed by atoms with van der Waals surface area (Å²) in [5, 5.41) is 7.78. The van der Waals surface area contributed by atoms with Crippen LogP contribution in [0.1, 0.15) is 49.9 Å². The monoisotopic (exact) mass is 627 g/mol. The molecule has 234 valence electrons. The van der Waals surface area contributed by atoms with Crippen molar-refractivity contribution in [1.29, 1.82) is 0 Å². The van der Waals surface area contributed by atoms with E-state index < -0.39 is 0 Å². The Morgan fingerprint density at radius 2 is 0.959 bits per heavy atom. The van der Waals surface area contributed by atoms with Crippen LogP contribution in [0.15, 0.2) is 152 Å². The normalized spacial score (nSPS) is 14.9. The summed E-state index contributed by atoms with van der Waals surface area (Å²) in [6, 6.07) is 56.7. The van der Waals surface area contributed by atoms with E-state index in [-0.39, 0.29) is 10.8 Å². The van der Waals surface area contributed by atoms with Crippen molar-refractivity contribution < 1.29 is 0 Å². The zero-order chi connectivity index (χ0) is 33.1. The molecule has 10 rings (SSSR count). The first-order chi connectivity index (χ1) is 23.8. The minimum absolute atomic E-state index is 0.126. The van der Waals surface area contributed by atoms with Gasteiger partial charge in [0.05, 0.1) is 5.69 Å². The molecule has 1 heteroatoms. The molecule has 0 unspecified atom stereocenters. The molecule has 0 radical (unpaired) electrons. The quantitative estimate of drug-likeness (QED) is 0.188. The van der Waals surface area contributed by atoms with Gasteiger partial charge in [0, 0.05) is 27.6 Å². The highest BCUT2D eigenvalue weighted by molar-refractivity contribution is 6.11. The summed E-state index contributed by atoms with van der Waals surface area (Å²) >= 11 is 0. The van der Waals surface area contributed by atoms with E-state index in [9.17, 15) is 0 Å². The van der Waals surface area contributed by atoms with Gasteiger partial charge in [0.1, 0.15) is 0 Å². The molecule has 2 aliphatic rings. The first-order valence-corrected chi connectivity index (χ1v) is 17.4. The molecule has 49 heavy (non-hydrogen) atoms. The maximum absolute atomic E-state index is 2.50. The average Bonchev–Trinajstić information content (AvgIpc) is 3.50. The van der Waals surface area contributed by atoms with Gasteiger partial charge >= 0.3 is 0 Å². The molecule has 2 aliphatic carbocycles. The average molecular weight is 628 g/mol. The van der Waals surface area contributed by atoms with Gasteiger partial charge in [-0.25, -0.2) is 0 Å². The van der Waals surface area contributed by atoms with Crippen LogP contribution < -0.4 is 4.90 Å². The van der Waals surface area contributed by atoms with Gasteiger partial charge in [0.25, 0.3) is 0 Å². The number of anilines is 3. The number of fused-ring (bicyclic) bond motifs is 11. The molecule has 0 heterocycles. The van der Waals surface area contributed by atoms with Crippen molar-refractivity contribution in [3.63, 3.8) is 0 Å². The van der Waals surface area contributed by atoms with Crippen LogP contribution in [0.5, 0.6) is 0 Å². The van der Waals surface area contributed by atoms with Crippen molar-refractivity contribution in [2.24, 2.45) is 0 Å². The molecule has 0 amide bonds. The van der Waals surface area contributed by atoms with Crippen LogP contribution in [-0.2, 0) is 10.8 Å². The standard InChI is InChI=1S/C48H37N/c1-47(2)40-25-22-30-14-10-11-19-35(30)45(40)38-24-23-34(28-42(38)47)49(33-17-6-5-7-18-33)44-29-43-46(37-21-13-12-20-36(37)44)39-26-31-15-8-9-16-32(31)27-41(39)48(43,3)4/h5-29H,1-4H3. The van der Waals surface area contributed by atoms with Crippen LogP contribution >= 0.6 is 0 Å². The van der Waals surface area contributed by atoms with Gasteiger partial charge < -0.3 is 4.90 Å². The summed E-state index contributed by atoms with van der Waals surface area (Å²) in [4.78, 5) is 2.50. The van der Waals surface area contributed by atoms with Crippen molar-refractivity contribution in [2.75, 3.05) is 4.90 Å². The van der Waals surface area contributed by atoms with Crippen LogP contribution in [0, 0.1) is 0 Å². The number of para-hydroxylation sites is 1.